The number of aliphatic hydroxyl groups is 1. The van der Waals surface area contributed by atoms with E-state index in [0.29, 0.717) is 32.8 Å². The average Bonchev–Trinajstić information content (AvgIpc) is 2.37. The standard InChI is InChI=1S/C15H35N3O3/c1-5-15(8-14(4,18)9-19,10-20-6-12(2)16)11-21-7-13(3)17/h12-13,19H,5-11,16-18H2,1-4H3. The highest BCUT2D eigenvalue weighted by Gasteiger charge is 2.36. The molecule has 6 heteroatoms. The Hall–Kier alpha value is -0.240. The molecule has 0 aliphatic rings. The third-order valence-corrected chi connectivity index (χ3v) is 3.47. The molecule has 0 aromatic heterocycles. The zero-order chi connectivity index (χ0) is 16.5. The first-order chi connectivity index (χ1) is 9.66. The van der Waals surface area contributed by atoms with Gasteiger partial charge in [-0.15, -0.1) is 0 Å². The van der Waals surface area contributed by atoms with Gasteiger partial charge < -0.3 is 31.8 Å². The van der Waals surface area contributed by atoms with Crippen LogP contribution in [0.2, 0.25) is 0 Å². The fourth-order valence-electron chi connectivity index (χ4n) is 2.31. The van der Waals surface area contributed by atoms with E-state index in [1.807, 2.05) is 20.8 Å². The van der Waals surface area contributed by atoms with Crippen LogP contribution in [0.15, 0.2) is 0 Å². The average molecular weight is 305 g/mol. The van der Waals surface area contributed by atoms with E-state index in [0.717, 1.165) is 6.42 Å². The Kier molecular flexibility index (Phi) is 9.60. The predicted octanol–water partition coefficient (Wildman–Crippen LogP) is 0.210. The van der Waals surface area contributed by atoms with Crippen LogP contribution in [0, 0.1) is 5.41 Å². The van der Waals surface area contributed by atoms with Crippen molar-refractivity contribution < 1.29 is 14.6 Å². The Labute approximate surface area is 129 Å². The summed E-state index contributed by atoms with van der Waals surface area (Å²) in [5.74, 6) is 0. The molecule has 0 rings (SSSR count). The minimum atomic E-state index is -0.661. The minimum Gasteiger partial charge on any atom is -0.394 e. The van der Waals surface area contributed by atoms with Gasteiger partial charge in [-0.2, -0.15) is 0 Å². The molecule has 0 aromatic carbocycles. The molecule has 21 heavy (non-hydrogen) atoms. The number of ether oxygens (including phenoxy) is 2. The quantitative estimate of drug-likeness (QED) is 0.409. The molecular formula is C15H35N3O3. The van der Waals surface area contributed by atoms with Gasteiger partial charge in [0.25, 0.3) is 0 Å². The summed E-state index contributed by atoms with van der Waals surface area (Å²) in [6, 6.07) is -0.0155. The molecule has 0 saturated heterocycles. The smallest absolute Gasteiger partial charge is 0.0615 e. The largest absolute Gasteiger partial charge is 0.394 e. The molecule has 0 heterocycles. The van der Waals surface area contributed by atoms with Crippen LogP contribution in [-0.4, -0.2) is 55.8 Å². The second kappa shape index (κ2) is 9.71. The third kappa shape index (κ3) is 9.39. The van der Waals surface area contributed by atoms with Crippen molar-refractivity contribution in [3.63, 3.8) is 0 Å². The lowest BCUT2D eigenvalue weighted by Crippen LogP contribution is -2.49. The molecule has 128 valence electrons. The minimum absolute atomic E-state index is 0.00774. The van der Waals surface area contributed by atoms with Crippen molar-refractivity contribution in [3.8, 4) is 0 Å². The zero-order valence-corrected chi connectivity index (χ0v) is 14.1. The van der Waals surface area contributed by atoms with Crippen LogP contribution in [0.1, 0.15) is 40.5 Å². The van der Waals surface area contributed by atoms with Gasteiger partial charge in [-0.05, 0) is 33.6 Å². The van der Waals surface area contributed by atoms with Gasteiger partial charge >= 0.3 is 0 Å². The molecule has 0 bridgehead atoms. The van der Waals surface area contributed by atoms with E-state index in [1.54, 1.807) is 0 Å². The first-order valence-corrected chi connectivity index (χ1v) is 7.73. The van der Waals surface area contributed by atoms with Crippen molar-refractivity contribution in [2.45, 2.75) is 58.2 Å². The topological polar surface area (TPSA) is 117 Å². The van der Waals surface area contributed by atoms with Crippen LogP contribution in [0.25, 0.3) is 0 Å². The van der Waals surface area contributed by atoms with Crippen molar-refractivity contribution in [1.82, 2.24) is 0 Å². The van der Waals surface area contributed by atoms with Crippen molar-refractivity contribution in [2.75, 3.05) is 33.0 Å². The highest BCUT2D eigenvalue weighted by molar-refractivity contribution is 4.90. The van der Waals surface area contributed by atoms with E-state index in [4.69, 9.17) is 26.7 Å². The van der Waals surface area contributed by atoms with Gasteiger partial charge in [-0.25, -0.2) is 0 Å². The van der Waals surface area contributed by atoms with E-state index in [1.165, 1.54) is 0 Å². The molecule has 6 nitrogen and oxygen atoms in total. The molecular weight excluding hydrogens is 270 g/mol. The van der Waals surface area contributed by atoms with Gasteiger partial charge in [0.1, 0.15) is 0 Å². The second-order valence-electron chi connectivity index (χ2n) is 6.83. The summed E-state index contributed by atoms with van der Waals surface area (Å²) >= 11 is 0. The fourth-order valence-corrected chi connectivity index (χ4v) is 2.31. The first-order valence-electron chi connectivity index (χ1n) is 7.73. The molecule has 0 fully saturated rings. The summed E-state index contributed by atoms with van der Waals surface area (Å²) in [4.78, 5) is 0. The lowest BCUT2D eigenvalue weighted by molar-refractivity contribution is -0.0470. The summed E-state index contributed by atoms with van der Waals surface area (Å²) in [6.07, 6.45) is 1.46. The highest BCUT2D eigenvalue weighted by Crippen LogP contribution is 2.32. The molecule has 0 radical (unpaired) electrons. The maximum Gasteiger partial charge on any atom is 0.0615 e. The number of hydrogen-bond donors (Lipinski definition) is 4. The molecule has 0 saturated carbocycles. The summed E-state index contributed by atoms with van der Waals surface area (Å²) in [6.45, 7) is 9.67. The molecule has 0 amide bonds. The van der Waals surface area contributed by atoms with Crippen molar-refractivity contribution in [3.05, 3.63) is 0 Å². The Morgan fingerprint density at radius 3 is 1.76 bits per heavy atom. The highest BCUT2D eigenvalue weighted by atomic mass is 16.5. The Morgan fingerprint density at radius 2 is 1.48 bits per heavy atom. The van der Waals surface area contributed by atoms with E-state index in [2.05, 4.69) is 6.92 Å². The normalized spacial score (nSPS) is 20.6. The Morgan fingerprint density at radius 1 is 1.05 bits per heavy atom. The van der Waals surface area contributed by atoms with Gasteiger partial charge in [-0.1, -0.05) is 6.92 Å². The SMILES string of the molecule is CCC(COCC(C)N)(COCC(C)N)CC(C)(N)CO. The van der Waals surface area contributed by atoms with Crippen molar-refractivity contribution >= 4 is 0 Å². The van der Waals surface area contributed by atoms with Gasteiger partial charge in [0, 0.05) is 23.0 Å². The summed E-state index contributed by atoms with van der Waals surface area (Å²) in [5.41, 5.74) is 16.7. The van der Waals surface area contributed by atoms with E-state index >= 15 is 0 Å². The Balaban J connectivity index is 4.74. The fraction of sp³-hybridized carbons (Fsp3) is 1.00. The van der Waals surface area contributed by atoms with Crippen LogP contribution in [0.3, 0.4) is 0 Å². The van der Waals surface area contributed by atoms with E-state index in [9.17, 15) is 5.11 Å². The summed E-state index contributed by atoms with van der Waals surface area (Å²) in [7, 11) is 0. The number of nitrogens with two attached hydrogens (primary N) is 3. The maximum atomic E-state index is 9.43. The van der Waals surface area contributed by atoms with Crippen LogP contribution < -0.4 is 17.2 Å². The van der Waals surface area contributed by atoms with Crippen LogP contribution >= 0.6 is 0 Å². The van der Waals surface area contributed by atoms with Crippen LogP contribution in [0.4, 0.5) is 0 Å². The lowest BCUT2D eigenvalue weighted by Gasteiger charge is -2.38. The molecule has 0 aromatic rings. The van der Waals surface area contributed by atoms with Gasteiger partial charge in [-0.3, -0.25) is 0 Å². The molecule has 0 spiro atoms. The molecule has 0 aliphatic heterocycles. The number of hydrogen-bond acceptors (Lipinski definition) is 6. The van der Waals surface area contributed by atoms with E-state index in [-0.39, 0.29) is 24.1 Å². The van der Waals surface area contributed by atoms with Crippen molar-refractivity contribution in [2.24, 2.45) is 22.6 Å². The third-order valence-electron chi connectivity index (χ3n) is 3.47. The van der Waals surface area contributed by atoms with Crippen molar-refractivity contribution in [1.29, 1.82) is 0 Å². The predicted molar refractivity (Wildman–Crippen MR) is 86.0 cm³/mol. The van der Waals surface area contributed by atoms with Gasteiger partial charge in [0.05, 0.1) is 33.0 Å². The lowest BCUT2D eigenvalue weighted by atomic mass is 9.76. The maximum absolute atomic E-state index is 9.43. The second-order valence-corrected chi connectivity index (χ2v) is 6.83. The first kappa shape index (κ1) is 20.8. The number of aliphatic hydroxyl groups excluding tert-OH is 1. The molecule has 0 aliphatic carbocycles. The van der Waals surface area contributed by atoms with Crippen LogP contribution in [0.5, 0.6) is 0 Å². The van der Waals surface area contributed by atoms with Gasteiger partial charge in [0.15, 0.2) is 0 Å². The summed E-state index contributed by atoms with van der Waals surface area (Å²) in [5, 5.41) is 9.43. The molecule has 7 N–H and O–H groups in total. The summed E-state index contributed by atoms with van der Waals surface area (Å²) < 4.78 is 11.5. The zero-order valence-electron chi connectivity index (χ0n) is 14.1. The monoisotopic (exact) mass is 305 g/mol. The molecule has 3 unspecified atom stereocenters. The molecule has 3 atom stereocenters. The van der Waals surface area contributed by atoms with E-state index < -0.39 is 5.54 Å². The number of rotatable bonds is 12. The Bertz CT molecular complexity index is 257. The van der Waals surface area contributed by atoms with Gasteiger partial charge in [0.2, 0.25) is 0 Å². The van der Waals surface area contributed by atoms with Crippen LogP contribution in [-0.2, 0) is 9.47 Å².